The quantitative estimate of drug-likeness (QED) is 0.777. The number of carbonyl (C=O) groups excluding carboxylic acids is 1. The largest absolute Gasteiger partial charge is 0.484 e. The summed E-state index contributed by atoms with van der Waals surface area (Å²) in [6.07, 6.45) is 1.58. The number of amides is 1. The van der Waals surface area contributed by atoms with Crippen LogP contribution in [0.5, 0.6) is 5.75 Å². The lowest BCUT2D eigenvalue weighted by Gasteiger charge is -2.38. The van der Waals surface area contributed by atoms with Crippen LogP contribution in [0.4, 0.5) is 4.39 Å². The second kappa shape index (κ2) is 9.20. The minimum Gasteiger partial charge on any atom is -0.484 e. The molecule has 3 rings (SSSR count). The third-order valence-corrected chi connectivity index (χ3v) is 5.45. The molecule has 0 bridgehead atoms. The lowest BCUT2D eigenvalue weighted by atomic mass is 9.74. The van der Waals surface area contributed by atoms with Gasteiger partial charge in [-0.2, -0.15) is 0 Å². The Balaban J connectivity index is 1.57. The van der Waals surface area contributed by atoms with E-state index in [1.54, 1.807) is 12.1 Å². The normalized spacial score (nSPS) is 16.0. The average Bonchev–Trinajstić information content (AvgIpc) is 2.72. The van der Waals surface area contributed by atoms with Gasteiger partial charge in [-0.05, 0) is 54.2 Å². The van der Waals surface area contributed by atoms with Crippen LogP contribution in [0.15, 0.2) is 48.5 Å². The summed E-state index contributed by atoms with van der Waals surface area (Å²) in [6.45, 7) is 5.98. The molecule has 1 N–H and O–H groups in total. The van der Waals surface area contributed by atoms with E-state index in [4.69, 9.17) is 9.47 Å². The second-order valence-corrected chi connectivity index (χ2v) is 7.69. The molecule has 1 heterocycles. The molecule has 0 unspecified atom stereocenters. The summed E-state index contributed by atoms with van der Waals surface area (Å²) in [5.41, 5.74) is 2.03. The smallest absolute Gasteiger partial charge is 0.257 e. The zero-order valence-corrected chi connectivity index (χ0v) is 16.5. The Bertz CT molecular complexity index is 765. The molecule has 0 aromatic heterocycles. The van der Waals surface area contributed by atoms with Crippen molar-refractivity contribution in [1.82, 2.24) is 5.32 Å². The van der Waals surface area contributed by atoms with Crippen LogP contribution < -0.4 is 10.1 Å². The van der Waals surface area contributed by atoms with Crippen LogP contribution in [-0.4, -0.2) is 32.3 Å². The van der Waals surface area contributed by atoms with Gasteiger partial charge < -0.3 is 14.8 Å². The van der Waals surface area contributed by atoms with Gasteiger partial charge in [0.1, 0.15) is 11.6 Å². The van der Waals surface area contributed by atoms with Crippen LogP contribution in [0.3, 0.4) is 0 Å². The molecule has 28 heavy (non-hydrogen) atoms. The first-order valence-corrected chi connectivity index (χ1v) is 9.82. The van der Waals surface area contributed by atoms with Gasteiger partial charge in [-0.25, -0.2) is 4.39 Å². The summed E-state index contributed by atoms with van der Waals surface area (Å²) in [5.74, 6) is 0.714. The van der Waals surface area contributed by atoms with Crippen LogP contribution in [0, 0.1) is 5.82 Å². The summed E-state index contributed by atoms with van der Waals surface area (Å²) >= 11 is 0. The van der Waals surface area contributed by atoms with Crippen LogP contribution in [0.2, 0.25) is 0 Å². The summed E-state index contributed by atoms with van der Waals surface area (Å²) in [4.78, 5) is 12.3. The Labute approximate surface area is 166 Å². The predicted octanol–water partition coefficient (Wildman–Crippen LogP) is 4.19. The molecule has 0 atom stereocenters. The number of carbonyl (C=O) groups is 1. The van der Waals surface area contributed by atoms with Crippen LogP contribution >= 0.6 is 0 Å². The Hall–Kier alpha value is -2.40. The first-order valence-electron chi connectivity index (χ1n) is 9.82. The lowest BCUT2D eigenvalue weighted by Crippen LogP contribution is -2.45. The second-order valence-electron chi connectivity index (χ2n) is 7.69. The fourth-order valence-corrected chi connectivity index (χ4v) is 3.55. The maximum absolute atomic E-state index is 13.3. The van der Waals surface area contributed by atoms with Crippen molar-refractivity contribution in [1.29, 1.82) is 0 Å². The van der Waals surface area contributed by atoms with E-state index in [9.17, 15) is 9.18 Å². The minimum absolute atomic E-state index is 0.0307. The molecule has 5 heteroatoms. The van der Waals surface area contributed by atoms with Crippen molar-refractivity contribution in [2.75, 3.05) is 26.4 Å². The molecule has 0 radical (unpaired) electrons. The molecule has 1 aliphatic rings. The van der Waals surface area contributed by atoms with E-state index in [1.807, 2.05) is 24.3 Å². The van der Waals surface area contributed by atoms with Crippen molar-refractivity contribution in [3.63, 3.8) is 0 Å². The van der Waals surface area contributed by atoms with Crippen molar-refractivity contribution in [2.24, 2.45) is 0 Å². The monoisotopic (exact) mass is 385 g/mol. The average molecular weight is 385 g/mol. The first kappa shape index (κ1) is 20.3. The fourth-order valence-electron chi connectivity index (χ4n) is 3.55. The van der Waals surface area contributed by atoms with Crippen molar-refractivity contribution in [3.8, 4) is 5.75 Å². The Kier molecular flexibility index (Phi) is 6.68. The van der Waals surface area contributed by atoms with Gasteiger partial charge in [0.2, 0.25) is 0 Å². The van der Waals surface area contributed by atoms with Gasteiger partial charge >= 0.3 is 0 Å². The van der Waals surface area contributed by atoms with Crippen LogP contribution in [0.25, 0.3) is 0 Å². The van der Waals surface area contributed by atoms with E-state index in [2.05, 4.69) is 19.2 Å². The summed E-state index contributed by atoms with van der Waals surface area (Å²) < 4.78 is 24.4. The number of rotatable bonds is 7. The number of hydrogen-bond donors (Lipinski definition) is 1. The Morgan fingerprint density at radius 3 is 2.36 bits per heavy atom. The minimum atomic E-state index is -0.258. The number of hydrogen-bond acceptors (Lipinski definition) is 3. The molecule has 2 aromatic carbocycles. The highest BCUT2D eigenvalue weighted by molar-refractivity contribution is 5.77. The van der Waals surface area contributed by atoms with E-state index < -0.39 is 0 Å². The van der Waals surface area contributed by atoms with E-state index in [0.29, 0.717) is 31.4 Å². The summed E-state index contributed by atoms with van der Waals surface area (Å²) in [7, 11) is 0. The maximum atomic E-state index is 13.3. The lowest BCUT2D eigenvalue weighted by molar-refractivity contribution is -0.123. The first-order chi connectivity index (χ1) is 13.5. The predicted molar refractivity (Wildman–Crippen MR) is 107 cm³/mol. The molecule has 4 nitrogen and oxygen atoms in total. The van der Waals surface area contributed by atoms with Gasteiger partial charge in [0, 0.05) is 25.2 Å². The Morgan fingerprint density at radius 1 is 1.11 bits per heavy atom. The molecular formula is C23H28FNO3. The standard InChI is InChI=1S/C23H28FNO3/c1-17(2)18-3-9-21(10-4-18)28-15-22(26)25-16-23(11-13-27-14-12-23)19-5-7-20(24)8-6-19/h3-10,17H,11-16H2,1-2H3,(H,25,26). The zero-order chi connectivity index (χ0) is 20.0. The van der Waals surface area contributed by atoms with Gasteiger partial charge in [-0.3, -0.25) is 4.79 Å². The van der Waals surface area contributed by atoms with E-state index in [1.165, 1.54) is 17.7 Å². The van der Waals surface area contributed by atoms with Crippen molar-refractivity contribution in [3.05, 3.63) is 65.5 Å². The highest BCUT2D eigenvalue weighted by Gasteiger charge is 2.34. The fraction of sp³-hybridized carbons (Fsp3) is 0.435. The van der Waals surface area contributed by atoms with Crippen molar-refractivity contribution >= 4 is 5.91 Å². The molecular weight excluding hydrogens is 357 g/mol. The highest BCUT2D eigenvalue weighted by Crippen LogP contribution is 2.34. The molecule has 1 amide bonds. The molecule has 0 spiro atoms. The molecule has 0 saturated carbocycles. The third-order valence-electron chi connectivity index (χ3n) is 5.45. The number of halogens is 1. The van der Waals surface area contributed by atoms with Crippen LogP contribution in [0.1, 0.15) is 43.7 Å². The molecule has 150 valence electrons. The van der Waals surface area contributed by atoms with Gasteiger partial charge in [0.15, 0.2) is 6.61 Å². The SMILES string of the molecule is CC(C)c1ccc(OCC(=O)NCC2(c3ccc(F)cc3)CCOCC2)cc1. The Morgan fingerprint density at radius 2 is 1.75 bits per heavy atom. The molecule has 1 fully saturated rings. The molecule has 1 aliphatic heterocycles. The van der Waals surface area contributed by atoms with E-state index in [0.717, 1.165) is 18.4 Å². The van der Waals surface area contributed by atoms with Gasteiger partial charge in [0.25, 0.3) is 5.91 Å². The highest BCUT2D eigenvalue weighted by atomic mass is 19.1. The topological polar surface area (TPSA) is 47.6 Å². The van der Waals surface area contributed by atoms with E-state index in [-0.39, 0.29) is 23.7 Å². The van der Waals surface area contributed by atoms with Gasteiger partial charge in [-0.1, -0.05) is 38.1 Å². The number of ether oxygens (including phenoxy) is 2. The van der Waals surface area contributed by atoms with Crippen LogP contribution in [-0.2, 0) is 14.9 Å². The summed E-state index contributed by atoms with van der Waals surface area (Å²) in [5, 5.41) is 2.99. The van der Waals surface area contributed by atoms with Gasteiger partial charge in [-0.15, -0.1) is 0 Å². The zero-order valence-electron chi connectivity index (χ0n) is 16.5. The van der Waals surface area contributed by atoms with Gasteiger partial charge in [0.05, 0.1) is 0 Å². The third kappa shape index (κ3) is 5.10. The molecule has 2 aromatic rings. The maximum Gasteiger partial charge on any atom is 0.257 e. The molecule has 0 aliphatic carbocycles. The molecule has 1 saturated heterocycles. The summed E-state index contributed by atoms with van der Waals surface area (Å²) in [6, 6.07) is 14.4. The number of benzene rings is 2. The van der Waals surface area contributed by atoms with Crippen molar-refractivity contribution in [2.45, 2.75) is 38.0 Å². The number of nitrogens with one attached hydrogen (secondary N) is 1. The van der Waals surface area contributed by atoms with Crippen molar-refractivity contribution < 1.29 is 18.7 Å². The van der Waals surface area contributed by atoms with E-state index >= 15 is 0 Å².